The van der Waals surface area contributed by atoms with Gasteiger partial charge in [-0.25, -0.2) is 19.8 Å². The number of H-pyrrole nitrogens is 1. The van der Waals surface area contributed by atoms with Crippen LogP contribution >= 0.6 is 15.0 Å². The van der Waals surface area contributed by atoms with Crippen LogP contribution in [0.3, 0.4) is 0 Å². The highest BCUT2D eigenvalue weighted by atomic mass is 31.2. The van der Waals surface area contributed by atoms with Crippen LogP contribution in [0.5, 0.6) is 29.5 Å². The van der Waals surface area contributed by atoms with Crippen LogP contribution in [0.15, 0.2) is 114 Å². The summed E-state index contributed by atoms with van der Waals surface area (Å²) in [4.78, 5) is 74.4. The minimum absolute atomic E-state index is 0. The van der Waals surface area contributed by atoms with Crippen molar-refractivity contribution in [1.82, 2.24) is 49.2 Å². The summed E-state index contributed by atoms with van der Waals surface area (Å²) in [5, 5.41) is 5.75. The first-order valence-electron chi connectivity index (χ1n) is 28.2. The Balaban J connectivity index is 0.000000285. The third kappa shape index (κ3) is 20.3. The molecule has 4 aromatic heterocycles. The fraction of sp³-hybridized carbons (Fsp3) is 0.383. The molecule has 484 valence electrons. The second-order valence-corrected chi connectivity index (χ2v) is 24.6. The molecule has 0 fully saturated rings. The molecule has 4 atom stereocenters. The fourth-order valence-corrected chi connectivity index (χ4v) is 12.6. The maximum atomic E-state index is 14.3. The summed E-state index contributed by atoms with van der Waals surface area (Å²) in [6.07, 6.45) is -1.74. The summed E-state index contributed by atoms with van der Waals surface area (Å²) in [5.74, 6) is -0.249. The van der Waals surface area contributed by atoms with E-state index in [-0.39, 0.29) is 111 Å². The summed E-state index contributed by atoms with van der Waals surface area (Å²) >= 11 is 0. The molecule has 0 bridgehead atoms. The van der Waals surface area contributed by atoms with Crippen LogP contribution in [0.1, 0.15) is 78.1 Å². The maximum Gasteiger partial charge on any atom is 0.516 e. The Kier molecular flexibility index (Phi) is 25.8. The van der Waals surface area contributed by atoms with Gasteiger partial charge < -0.3 is 63.4 Å². The van der Waals surface area contributed by atoms with Crippen molar-refractivity contribution in [2.24, 2.45) is 0 Å². The molecule has 8 rings (SSSR count). The lowest BCUT2D eigenvalue weighted by Gasteiger charge is -2.24. The molecule has 0 aliphatic carbocycles. The Hall–Kier alpha value is -8.91. The van der Waals surface area contributed by atoms with Crippen molar-refractivity contribution in [1.29, 1.82) is 0 Å². The van der Waals surface area contributed by atoms with E-state index < -0.39 is 50.9 Å². The Morgan fingerprint density at radius 1 is 0.589 bits per heavy atom. The van der Waals surface area contributed by atoms with Crippen molar-refractivity contribution < 1.29 is 70.5 Å². The summed E-state index contributed by atoms with van der Waals surface area (Å²) in [7, 11) is -4.32. The lowest BCUT2D eigenvalue weighted by atomic mass is 10.1. The van der Waals surface area contributed by atoms with Crippen LogP contribution in [0.2, 0.25) is 0 Å². The van der Waals surface area contributed by atoms with Crippen LogP contribution in [-0.2, 0) is 67.8 Å². The number of esters is 2. The predicted molar refractivity (Wildman–Crippen MR) is 337 cm³/mol. The minimum Gasteiger partial charge on any atom is -0.462 e. The molecule has 7 N–H and O–H groups in total. The Morgan fingerprint density at radius 2 is 1.04 bits per heavy atom. The number of methoxy groups -OCH3 is 2. The van der Waals surface area contributed by atoms with E-state index in [4.69, 9.17) is 58.4 Å². The number of rotatable bonds is 30. The first kappa shape index (κ1) is 70.2. The summed E-state index contributed by atoms with van der Waals surface area (Å²) in [5.41, 5.74) is 15.5. The molecule has 0 amide bonds. The van der Waals surface area contributed by atoms with Gasteiger partial charge in [-0.1, -0.05) is 92.4 Å². The zero-order valence-electron chi connectivity index (χ0n) is 50.8. The summed E-state index contributed by atoms with van der Waals surface area (Å²) in [6.45, 7) is 13.1. The van der Waals surface area contributed by atoms with Gasteiger partial charge in [-0.05, 0) is 95.0 Å². The monoisotopic (exact) mass is 1280 g/mol. The first-order chi connectivity index (χ1) is 42.6. The molecule has 0 radical (unpaired) electrons. The SMILES string of the molecule is C.CCOC(=O)Oc1nc2c(N)nc(OCCOC)nc2n1Cc1cccc(CP(=O)(N[C@@H](C)C(=O)OC(C)C)Oc2ccccc2)c1.COCCOc1nc(N)c2[nH]c(=O)n(Cc3cccc(CP(=O)(N[C@@H](C)C(=O)OC(C)C)Oc4ccccc4)c3)c2n1. The van der Waals surface area contributed by atoms with Crippen molar-refractivity contribution in [2.75, 3.05) is 58.7 Å². The number of carbonyl (C=O) groups is 3. The Bertz CT molecular complexity index is 3830. The van der Waals surface area contributed by atoms with E-state index in [0.29, 0.717) is 46.9 Å². The molecule has 28 nitrogen and oxygen atoms in total. The van der Waals surface area contributed by atoms with E-state index in [1.165, 1.54) is 16.2 Å². The summed E-state index contributed by atoms with van der Waals surface area (Å²) < 4.78 is 85.3. The number of nitrogen functional groups attached to an aromatic ring is 2. The molecule has 4 aromatic carbocycles. The fourth-order valence-electron chi connectivity index (χ4n) is 8.54. The number of hydrogen-bond acceptors (Lipinski definition) is 23. The number of fused-ring (bicyclic) bond motifs is 2. The molecular formula is C60H78N12O16P2. The number of aromatic amines is 1. The molecule has 0 saturated carbocycles. The lowest BCUT2D eigenvalue weighted by molar-refractivity contribution is -0.149. The molecule has 0 aliphatic heterocycles. The van der Waals surface area contributed by atoms with Gasteiger partial charge in [0.1, 0.15) is 42.3 Å². The zero-order valence-corrected chi connectivity index (χ0v) is 52.6. The first-order valence-corrected chi connectivity index (χ1v) is 31.9. The average molecular weight is 1290 g/mol. The third-order valence-corrected chi connectivity index (χ3v) is 16.4. The third-order valence-electron chi connectivity index (χ3n) is 12.3. The average Bonchev–Trinajstić information content (AvgIpc) is 1.67. The minimum atomic E-state index is -3.73. The summed E-state index contributed by atoms with van der Waals surface area (Å²) in [6, 6.07) is 29.9. The highest BCUT2D eigenvalue weighted by Crippen LogP contribution is 2.48. The molecule has 0 aliphatic rings. The van der Waals surface area contributed by atoms with Gasteiger partial charge in [-0.15, -0.1) is 0 Å². The number of ether oxygens (including phenoxy) is 8. The van der Waals surface area contributed by atoms with Crippen molar-refractivity contribution in [3.05, 3.63) is 142 Å². The van der Waals surface area contributed by atoms with Gasteiger partial charge >= 0.3 is 56.9 Å². The van der Waals surface area contributed by atoms with E-state index in [1.54, 1.807) is 134 Å². The smallest absolute Gasteiger partial charge is 0.462 e. The largest absolute Gasteiger partial charge is 0.516 e. The van der Waals surface area contributed by atoms with E-state index in [9.17, 15) is 28.3 Å². The number of nitrogens with one attached hydrogen (secondary N) is 3. The molecule has 8 aromatic rings. The number of benzene rings is 4. The number of imidazole rings is 2. The number of para-hydroxylation sites is 2. The van der Waals surface area contributed by atoms with Gasteiger partial charge in [0.05, 0.1) is 57.4 Å². The Morgan fingerprint density at radius 3 is 1.51 bits per heavy atom. The predicted octanol–water partition coefficient (Wildman–Crippen LogP) is 8.83. The molecule has 0 saturated heterocycles. The van der Waals surface area contributed by atoms with Crippen molar-refractivity contribution in [2.45, 2.75) is 106 Å². The quantitative estimate of drug-likeness (QED) is 0.0121. The van der Waals surface area contributed by atoms with Crippen molar-refractivity contribution in [3.8, 4) is 29.5 Å². The van der Waals surface area contributed by atoms with Crippen LogP contribution < -0.4 is 50.6 Å². The second-order valence-electron chi connectivity index (χ2n) is 20.4. The van der Waals surface area contributed by atoms with Gasteiger partial charge in [0.15, 0.2) is 28.4 Å². The van der Waals surface area contributed by atoms with Crippen LogP contribution in [0.25, 0.3) is 22.3 Å². The van der Waals surface area contributed by atoms with Gasteiger partial charge in [-0.3, -0.25) is 27.9 Å². The number of nitrogens with two attached hydrogens (primary N) is 2. The van der Waals surface area contributed by atoms with Crippen molar-refractivity contribution >= 4 is 67.1 Å². The molecule has 4 heterocycles. The number of nitrogens with zero attached hydrogens (tertiary/aromatic N) is 7. The Labute approximate surface area is 520 Å². The van der Waals surface area contributed by atoms with E-state index >= 15 is 0 Å². The van der Waals surface area contributed by atoms with E-state index in [1.807, 2.05) is 30.3 Å². The van der Waals surface area contributed by atoms with Gasteiger partial charge in [0.25, 0.3) is 0 Å². The lowest BCUT2D eigenvalue weighted by Crippen LogP contribution is -2.36. The molecule has 90 heavy (non-hydrogen) atoms. The highest BCUT2D eigenvalue weighted by molar-refractivity contribution is 7.56. The van der Waals surface area contributed by atoms with E-state index in [0.717, 1.165) is 5.56 Å². The van der Waals surface area contributed by atoms with Crippen molar-refractivity contribution in [3.63, 3.8) is 0 Å². The molecule has 30 heteroatoms. The number of anilines is 2. The van der Waals surface area contributed by atoms with Gasteiger partial charge in [0, 0.05) is 14.2 Å². The topological polar surface area (TPSA) is 361 Å². The number of aromatic nitrogens is 8. The van der Waals surface area contributed by atoms with E-state index in [2.05, 4.69) is 40.1 Å². The second kappa shape index (κ2) is 33.1. The normalized spacial score (nSPS) is 13.2. The number of carbonyl (C=O) groups excluding carboxylic acids is 3. The van der Waals surface area contributed by atoms with Crippen LogP contribution in [-0.4, -0.2) is 129 Å². The molecule has 0 spiro atoms. The van der Waals surface area contributed by atoms with Gasteiger partial charge in [-0.2, -0.15) is 24.9 Å². The maximum absolute atomic E-state index is 14.3. The molecular weight excluding hydrogens is 1210 g/mol. The van der Waals surface area contributed by atoms with Crippen LogP contribution in [0.4, 0.5) is 16.4 Å². The van der Waals surface area contributed by atoms with Crippen LogP contribution in [0, 0.1) is 0 Å². The number of hydrogen-bond donors (Lipinski definition) is 5. The molecule has 2 unspecified atom stereocenters. The highest BCUT2D eigenvalue weighted by Gasteiger charge is 2.33. The van der Waals surface area contributed by atoms with Gasteiger partial charge in [0.2, 0.25) is 0 Å². The zero-order chi connectivity index (χ0) is 64.3. The standard InChI is InChI=1S/C31H39N6O9P.C28H35N6O7P.CH4/c1-6-42-31(39)45-30-33-25-26(32)34-29(43-16-15-41-5)35-27(25)37(30)18-22-11-10-12-23(17-22)19-47(40,46-24-13-8-7-9-14-24)36-21(4)28(38)44-20(2)3;1-18(2)40-26(35)19(3)33-42(37,41-22-11-6-5-7-12-22)17-21-10-8-9-20(15-21)16-34-25-23(30-28(34)36)24(29)31-27(32-25)39-14-13-38-4;/h7-14,17,20-21H,6,15-16,18-19H2,1-5H3,(H,36,40)(H2,32,34,35);5-12,15,18-19H,13-14,16-17H2,1-4H3,(H,30,36)(H,33,37)(H2,29,31,32);1H4/t21-,47?;19-,42?;/m00./s1.